The van der Waals surface area contributed by atoms with Crippen molar-refractivity contribution in [1.29, 1.82) is 0 Å². The van der Waals surface area contributed by atoms with Gasteiger partial charge < -0.3 is 9.80 Å². The summed E-state index contributed by atoms with van der Waals surface area (Å²) in [5.41, 5.74) is 7.02. The number of rotatable bonds is 4. The molecule has 3 aromatic rings. The van der Waals surface area contributed by atoms with Crippen LogP contribution in [0.1, 0.15) is 33.0 Å². The SMILES string of the molecule is [C-]#[N+]c1ccc2c(c1)N(CC)C(=CC=C1CC[n+]3c1n(CC)c1ccccc13)N2CC. The fourth-order valence-electron chi connectivity index (χ4n) is 5.13. The number of imidazole rings is 1. The van der Waals surface area contributed by atoms with Crippen LogP contribution in [0.15, 0.2) is 60.4 Å². The summed E-state index contributed by atoms with van der Waals surface area (Å²) in [5, 5.41) is 0. The lowest BCUT2D eigenvalue weighted by Crippen LogP contribution is -2.31. The van der Waals surface area contributed by atoms with Gasteiger partial charge in [-0.2, -0.15) is 0 Å². The summed E-state index contributed by atoms with van der Waals surface area (Å²) in [4.78, 5) is 8.31. The van der Waals surface area contributed by atoms with Crippen molar-refractivity contribution in [1.82, 2.24) is 4.57 Å². The normalized spacial score (nSPS) is 17.6. The minimum absolute atomic E-state index is 0.692. The lowest BCUT2D eigenvalue weighted by atomic mass is 10.2. The summed E-state index contributed by atoms with van der Waals surface area (Å²) >= 11 is 0. The highest BCUT2D eigenvalue weighted by molar-refractivity contribution is 5.86. The van der Waals surface area contributed by atoms with E-state index in [1.807, 2.05) is 12.1 Å². The Labute approximate surface area is 183 Å². The van der Waals surface area contributed by atoms with Gasteiger partial charge in [0.1, 0.15) is 5.82 Å². The van der Waals surface area contributed by atoms with Gasteiger partial charge in [0.25, 0.3) is 5.82 Å². The summed E-state index contributed by atoms with van der Waals surface area (Å²) in [5.74, 6) is 2.52. The first-order valence-corrected chi connectivity index (χ1v) is 11.2. The first-order valence-electron chi connectivity index (χ1n) is 11.2. The molecule has 0 N–H and O–H groups in total. The van der Waals surface area contributed by atoms with E-state index in [0.717, 1.165) is 38.3 Å². The Hall–Kier alpha value is -3.52. The molecule has 2 aromatic carbocycles. The smallest absolute Gasteiger partial charge is 0.285 e. The maximum atomic E-state index is 7.39. The van der Waals surface area contributed by atoms with E-state index < -0.39 is 0 Å². The third-order valence-corrected chi connectivity index (χ3v) is 6.47. The van der Waals surface area contributed by atoms with Gasteiger partial charge in [-0.15, -0.1) is 0 Å². The molecule has 0 fully saturated rings. The molecule has 0 amide bonds. The molecule has 5 rings (SSSR count). The number of fused-ring (bicyclic) bond motifs is 4. The molecular formula is C26H28N5+. The fraction of sp³-hybridized carbons (Fsp3) is 0.308. The van der Waals surface area contributed by atoms with Crippen LogP contribution in [-0.4, -0.2) is 17.7 Å². The summed E-state index contributed by atoms with van der Waals surface area (Å²) < 4.78 is 4.90. The van der Waals surface area contributed by atoms with Crippen molar-refractivity contribution in [3.63, 3.8) is 0 Å². The number of nitrogens with zero attached hydrogens (tertiary/aromatic N) is 5. The van der Waals surface area contributed by atoms with Crippen LogP contribution in [0.3, 0.4) is 0 Å². The second-order valence-corrected chi connectivity index (χ2v) is 7.95. The standard InChI is InChI=1S/C26H28N5/c1-5-28-23-14-13-20(27-4)18-24(23)29(6-2)25(28)15-12-19-16-17-31-22-11-9-8-10-21(22)30(7-3)26(19)31/h8-15,18H,5-7,16-17H2,1-3H3/q+1. The zero-order valence-electron chi connectivity index (χ0n) is 18.5. The van der Waals surface area contributed by atoms with Crippen LogP contribution in [-0.2, 0) is 13.1 Å². The van der Waals surface area contributed by atoms with Crippen LogP contribution in [0.25, 0.3) is 21.5 Å². The fourth-order valence-corrected chi connectivity index (χ4v) is 5.13. The second-order valence-electron chi connectivity index (χ2n) is 7.95. The number of aryl methyl sites for hydroxylation is 2. The van der Waals surface area contributed by atoms with Gasteiger partial charge >= 0.3 is 0 Å². The molecule has 2 aliphatic heterocycles. The second kappa shape index (κ2) is 7.63. The van der Waals surface area contributed by atoms with E-state index >= 15 is 0 Å². The quantitative estimate of drug-likeness (QED) is 0.418. The number of benzene rings is 2. The first kappa shape index (κ1) is 19.4. The van der Waals surface area contributed by atoms with Gasteiger partial charge in [-0.25, -0.2) is 14.0 Å². The van der Waals surface area contributed by atoms with Gasteiger partial charge in [-0.1, -0.05) is 18.2 Å². The van der Waals surface area contributed by atoms with Crippen molar-refractivity contribution in [2.45, 2.75) is 40.3 Å². The molecule has 0 radical (unpaired) electrons. The molecule has 2 aliphatic rings. The van der Waals surface area contributed by atoms with Crippen molar-refractivity contribution in [2.24, 2.45) is 0 Å². The van der Waals surface area contributed by atoms with Gasteiger partial charge in [0.15, 0.2) is 16.7 Å². The maximum Gasteiger partial charge on any atom is 0.285 e. The zero-order chi connectivity index (χ0) is 21.5. The molecular weight excluding hydrogens is 382 g/mol. The zero-order valence-corrected chi connectivity index (χ0v) is 18.5. The molecule has 0 aliphatic carbocycles. The van der Waals surface area contributed by atoms with Crippen molar-refractivity contribution in [3.8, 4) is 0 Å². The topological polar surface area (TPSA) is 19.6 Å². The molecule has 0 spiro atoms. The highest BCUT2D eigenvalue weighted by Gasteiger charge is 2.33. The largest absolute Gasteiger partial charge is 0.327 e. The van der Waals surface area contributed by atoms with Gasteiger partial charge in [-0.05, 0) is 57.2 Å². The summed E-state index contributed by atoms with van der Waals surface area (Å²) in [6.07, 6.45) is 5.64. The van der Waals surface area contributed by atoms with E-state index in [1.54, 1.807) is 0 Å². The molecule has 0 saturated heterocycles. The molecule has 0 unspecified atom stereocenters. The van der Waals surface area contributed by atoms with E-state index in [4.69, 9.17) is 6.57 Å². The Morgan fingerprint density at radius 2 is 1.74 bits per heavy atom. The maximum absolute atomic E-state index is 7.39. The molecule has 0 atom stereocenters. The third kappa shape index (κ3) is 2.86. The monoisotopic (exact) mass is 410 g/mol. The van der Waals surface area contributed by atoms with Crippen molar-refractivity contribution in [3.05, 3.63) is 77.7 Å². The average Bonchev–Trinajstić information content (AvgIpc) is 3.45. The predicted octanol–water partition coefficient (Wildman–Crippen LogP) is 5.49. The van der Waals surface area contributed by atoms with Crippen molar-refractivity contribution >= 4 is 33.7 Å². The molecule has 1 aromatic heterocycles. The highest BCUT2D eigenvalue weighted by atomic mass is 15.4. The van der Waals surface area contributed by atoms with E-state index in [2.05, 4.69) is 87.0 Å². The average molecular weight is 411 g/mol. The molecule has 0 saturated carbocycles. The van der Waals surface area contributed by atoms with Gasteiger partial charge in [-0.3, -0.25) is 0 Å². The van der Waals surface area contributed by atoms with Crippen LogP contribution < -0.4 is 14.4 Å². The Kier molecular flexibility index (Phi) is 4.78. The highest BCUT2D eigenvalue weighted by Crippen LogP contribution is 2.43. The minimum atomic E-state index is 0.692. The molecule has 5 nitrogen and oxygen atoms in total. The number of aromatic nitrogens is 2. The van der Waals surface area contributed by atoms with Gasteiger partial charge in [0.2, 0.25) is 0 Å². The lowest BCUT2D eigenvalue weighted by Gasteiger charge is -2.23. The number of anilines is 2. The lowest BCUT2D eigenvalue weighted by molar-refractivity contribution is -0.664. The van der Waals surface area contributed by atoms with Gasteiger partial charge in [0, 0.05) is 25.1 Å². The van der Waals surface area contributed by atoms with Crippen molar-refractivity contribution in [2.75, 3.05) is 22.9 Å². The van der Waals surface area contributed by atoms with E-state index in [1.165, 1.54) is 33.9 Å². The summed E-state index contributed by atoms with van der Waals surface area (Å²) in [6.45, 7) is 17.7. The first-order chi connectivity index (χ1) is 15.2. The van der Waals surface area contributed by atoms with Gasteiger partial charge in [0.05, 0.1) is 31.0 Å². The Balaban J connectivity index is 1.61. The van der Waals surface area contributed by atoms with Crippen LogP contribution >= 0.6 is 0 Å². The number of hydrogen-bond donors (Lipinski definition) is 0. The van der Waals surface area contributed by atoms with Crippen LogP contribution in [0.5, 0.6) is 0 Å². The number of para-hydroxylation sites is 2. The molecule has 5 heteroatoms. The summed E-state index contributed by atoms with van der Waals surface area (Å²) in [6, 6.07) is 14.7. The Morgan fingerprint density at radius 1 is 0.968 bits per heavy atom. The number of allylic oxidation sites excluding steroid dienone is 3. The molecule has 3 heterocycles. The van der Waals surface area contributed by atoms with Crippen LogP contribution in [0.2, 0.25) is 0 Å². The third-order valence-electron chi connectivity index (χ3n) is 6.47. The van der Waals surface area contributed by atoms with Crippen LogP contribution in [0.4, 0.5) is 17.1 Å². The number of hydrogen-bond acceptors (Lipinski definition) is 2. The predicted molar refractivity (Wildman–Crippen MR) is 127 cm³/mol. The van der Waals surface area contributed by atoms with Crippen LogP contribution in [0, 0.1) is 6.57 Å². The minimum Gasteiger partial charge on any atom is -0.327 e. The Morgan fingerprint density at radius 3 is 2.48 bits per heavy atom. The van der Waals surface area contributed by atoms with E-state index in [9.17, 15) is 0 Å². The van der Waals surface area contributed by atoms with E-state index in [-0.39, 0.29) is 0 Å². The van der Waals surface area contributed by atoms with Crippen molar-refractivity contribution < 1.29 is 4.57 Å². The molecule has 156 valence electrons. The molecule has 0 bridgehead atoms. The van der Waals surface area contributed by atoms with E-state index in [0.29, 0.717) is 5.69 Å². The Bertz CT molecular complexity index is 1260. The summed E-state index contributed by atoms with van der Waals surface area (Å²) in [7, 11) is 0. The molecule has 31 heavy (non-hydrogen) atoms.